The Morgan fingerprint density at radius 3 is 2.75 bits per heavy atom. The number of nitro groups is 1. The lowest BCUT2D eigenvalue weighted by atomic mass is 9.82. The van der Waals surface area contributed by atoms with Gasteiger partial charge in [0.2, 0.25) is 0 Å². The van der Waals surface area contributed by atoms with E-state index in [1.807, 2.05) is 13.8 Å². The number of nitrogens with one attached hydrogen (secondary N) is 1. The molecule has 1 aromatic rings. The molecule has 20 heavy (non-hydrogen) atoms. The van der Waals surface area contributed by atoms with E-state index in [-0.39, 0.29) is 23.6 Å². The van der Waals surface area contributed by atoms with Gasteiger partial charge in [0.1, 0.15) is 5.69 Å². The summed E-state index contributed by atoms with van der Waals surface area (Å²) in [6.07, 6.45) is 1.17. The van der Waals surface area contributed by atoms with E-state index in [9.17, 15) is 15.2 Å². The smallest absolute Gasteiger partial charge is 0.333 e. The largest absolute Gasteiger partial charge is 0.484 e. The highest BCUT2D eigenvalue weighted by molar-refractivity contribution is 5.68. The third kappa shape index (κ3) is 3.39. The maximum Gasteiger partial charge on any atom is 0.333 e. The van der Waals surface area contributed by atoms with Gasteiger partial charge in [-0.1, -0.05) is 6.07 Å². The highest BCUT2D eigenvalue weighted by Crippen LogP contribution is 2.36. The van der Waals surface area contributed by atoms with Crippen LogP contribution in [0.25, 0.3) is 0 Å². The third-order valence-corrected chi connectivity index (χ3v) is 3.34. The maximum absolute atomic E-state index is 11.2. The van der Waals surface area contributed by atoms with Crippen molar-refractivity contribution in [3.63, 3.8) is 0 Å². The first-order chi connectivity index (χ1) is 9.47. The van der Waals surface area contributed by atoms with E-state index in [0.29, 0.717) is 18.2 Å². The summed E-state index contributed by atoms with van der Waals surface area (Å²) in [5, 5.41) is 23.6. The van der Waals surface area contributed by atoms with Gasteiger partial charge < -0.3 is 15.2 Å². The van der Waals surface area contributed by atoms with Crippen LogP contribution in [0, 0.1) is 16.0 Å². The molecule has 0 bridgehead atoms. The van der Waals surface area contributed by atoms with Crippen LogP contribution in [-0.2, 0) is 0 Å². The van der Waals surface area contributed by atoms with Crippen molar-refractivity contribution in [2.24, 2.45) is 5.92 Å². The van der Waals surface area contributed by atoms with Crippen molar-refractivity contribution in [3.8, 4) is 5.75 Å². The third-order valence-electron chi connectivity index (χ3n) is 3.34. The number of aliphatic hydroxyl groups excluding tert-OH is 1. The van der Waals surface area contributed by atoms with Crippen LogP contribution < -0.4 is 10.1 Å². The molecule has 1 aliphatic rings. The summed E-state index contributed by atoms with van der Waals surface area (Å²) >= 11 is 0. The summed E-state index contributed by atoms with van der Waals surface area (Å²) in [7, 11) is 0. The van der Waals surface area contributed by atoms with E-state index < -0.39 is 4.92 Å². The Kier molecular flexibility index (Phi) is 4.44. The van der Waals surface area contributed by atoms with Gasteiger partial charge >= 0.3 is 5.69 Å². The Bertz CT molecular complexity index is 484. The number of para-hydroxylation sites is 1. The molecule has 1 saturated carbocycles. The number of anilines is 1. The van der Waals surface area contributed by atoms with E-state index in [4.69, 9.17) is 4.74 Å². The molecule has 0 heterocycles. The van der Waals surface area contributed by atoms with E-state index in [2.05, 4.69) is 5.32 Å². The first kappa shape index (κ1) is 14.6. The first-order valence-corrected chi connectivity index (χ1v) is 6.83. The van der Waals surface area contributed by atoms with Gasteiger partial charge in [-0.25, -0.2) is 0 Å². The van der Waals surface area contributed by atoms with Gasteiger partial charge in [-0.15, -0.1) is 0 Å². The molecule has 2 rings (SSSR count). The number of aliphatic hydroxyl groups is 1. The molecule has 0 aliphatic heterocycles. The van der Waals surface area contributed by atoms with E-state index in [1.165, 1.54) is 0 Å². The monoisotopic (exact) mass is 280 g/mol. The highest BCUT2D eigenvalue weighted by atomic mass is 16.6. The molecule has 1 fully saturated rings. The number of nitrogens with zero attached hydrogens (tertiary/aromatic N) is 1. The highest BCUT2D eigenvalue weighted by Gasteiger charge is 2.28. The average molecular weight is 280 g/mol. The van der Waals surface area contributed by atoms with Crippen molar-refractivity contribution in [1.82, 2.24) is 0 Å². The summed E-state index contributed by atoms with van der Waals surface area (Å²) in [4.78, 5) is 10.8. The normalized spacial score (nSPS) is 21.4. The standard InChI is InChI=1S/C14H20N2O4/c1-9(2)20-13-5-3-4-12(14(13)16(18)19)15-8-10-6-11(17)7-10/h3-5,9-11,15,17H,6-8H2,1-2H3. The molecule has 6 heteroatoms. The van der Waals surface area contributed by atoms with Gasteiger partial charge in [-0.2, -0.15) is 0 Å². The summed E-state index contributed by atoms with van der Waals surface area (Å²) in [6.45, 7) is 4.29. The van der Waals surface area contributed by atoms with Gasteiger partial charge in [0, 0.05) is 6.54 Å². The van der Waals surface area contributed by atoms with Crippen molar-refractivity contribution >= 4 is 11.4 Å². The number of hydrogen-bond donors (Lipinski definition) is 2. The zero-order chi connectivity index (χ0) is 14.7. The molecule has 0 aromatic heterocycles. The van der Waals surface area contributed by atoms with Gasteiger partial charge in [0.05, 0.1) is 17.1 Å². The fraction of sp³-hybridized carbons (Fsp3) is 0.571. The second kappa shape index (κ2) is 6.09. The van der Waals surface area contributed by atoms with Crippen LogP contribution in [0.15, 0.2) is 18.2 Å². The van der Waals surface area contributed by atoms with Crippen LogP contribution in [0.1, 0.15) is 26.7 Å². The van der Waals surface area contributed by atoms with Crippen molar-refractivity contribution in [2.45, 2.75) is 38.9 Å². The predicted molar refractivity (Wildman–Crippen MR) is 76.1 cm³/mol. The maximum atomic E-state index is 11.2. The molecule has 6 nitrogen and oxygen atoms in total. The molecule has 0 atom stereocenters. The van der Waals surface area contributed by atoms with Gasteiger partial charge in [0.15, 0.2) is 5.75 Å². The summed E-state index contributed by atoms with van der Waals surface area (Å²) in [6, 6.07) is 5.03. The number of benzene rings is 1. The molecule has 1 aliphatic carbocycles. The molecule has 2 N–H and O–H groups in total. The van der Waals surface area contributed by atoms with Crippen LogP contribution in [0.4, 0.5) is 11.4 Å². The molecule has 0 amide bonds. The summed E-state index contributed by atoms with van der Waals surface area (Å²) in [5.41, 5.74) is 0.440. The molecule has 0 spiro atoms. The van der Waals surface area contributed by atoms with Gasteiger partial charge in [0.25, 0.3) is 0 Å². The minimum atomic E-state index is -0.421. The molecule has 0 radical (unpaired) electrons. The van der Waals surface area contributed by atoms with E-state index in [1.54, 1.807) is 18.2 Å². The summed E-state index contributed by atoms with van der Waals surface area (Å²) < 4.78 is 5.49. The number of ether oxygens (including phenoxy) is 1. The molecular weight excluding hydrogens is 260 g/mol. The molecule has 0 unspecified atom stereocenters. The van der Waals surface area contributed by atoms with Crippen molar-refractivity contribution in [1.29, 1.82) is 0 Å². The van der Waals surface area contributed by atoms with E-state index >= 15 is 0 Å². The predicted octanol–water partition coefficient (Wildman–Crippen LogP) is 2.56. The van der Waals surface area contributed by atoms with Crippen molar-refractivity contribution in [2.75, 3.05) is 11.9 Å². The van der Waals surface area contributed by atoms with Crippen LogP contribution >= 0.6 is 0 Å². The lowest BCUT2D eigenvalue weighted by Gasteiger charge is -2.31. The van der Waals surface area contributed by atoms with Crippen LogP contribution in [0.3, 0.4) is 0 Å². The Labute approximate surface area is 117 Å². The Hall–Kier alpha value is -1.82. The Morgan fingerprint density at radius 1 is 1.50 bits per heavy atom. The minimum absolute atomic E-state index is 0.0268. The lowest BCUT2D eigenvalue weighted by molar-refractivity contribution is -0.385. The zero-order valence-electron chi connectivity index (χ0n) is 11.7. The fourth-order valence-electron chi connectivity index (χ4n) is 2.32. The Morgan fingerprint density at radius 2 is 2.20 bits per heavy atom. The van der Waals surface area contributed by atoms with Crippen molar-refractivity contribution < 1.29 is 14.8 Å². The zero-order valence-corrected chi connectivity index (χ0v) is 11.7. The van der Waals surface area contributed by atoms with Gasteiger partial charge in [-0.05, 0) is 44.7 Å². The van der Waals surface area contributed by atoms with Gasteiger partial charge in [-0.3, -0.25) is 10.1 Å². The Balaban J connectivity index is 2.12. The fourth-order valence-corrected chi connectivity index (χ4v) is 2.32. The quantitative estimate of drug-likeness (QED) is 0.618. The van der Waals surface area contributed by atoms with Crippen LogP contribution in [-0.4, -0.2) is 28.8 Å². The topological polar surface area (TPSA) is 84.6 Å². The molecule has 0 saturated heterocycles. The molecule has 1 aromatic carbocycles. The molecular formula is C14H20N2O4. The second-order valence-corrected chi connectivity index (χ2v) is 5.45. The number of hydrogen-bond acceptors (Lipinski definition) is 5. The lowest BCUT2D eigenvalue weighted by Crippen LogP contribution is -2.33. The SMILES string of the molecule is CC(C)Oc1cccc(NCC2CC(O)C2)c1[N+](=O)[O-]. The minimum Gasteiger partial charge on any atom is -0.484 e. The van der Waals surface area contributed by atoms with Crippen LogP contribution in [0.5, 0.6) is 5.75 Å². The van der Waals surface area contributed by atoms with E-state index in [0.717, 1.165) is 12.8 Å². The number of rotatable bonds is 6. The van der Waals surface area contributed by atoms with Crippen molar-refractivity contribution in [3.05, 3.63) is 28.3 Å². The molecule has 110 valence electrons. The summed E-state index contributed by atoms with van der Waals surface area (Å²) in [5.74, 6) is 0.655. The first-order valence-electron chi connectivity index (χ1n) is 6.83. The number of nitro benzene ring substituents is 1. The van der Waals surface area contributed by atoms with Crippen LogP contribution in [0.2, 0.25) is 0 Å². The average Bonchev–Trinajstić information content (AvgIpc) is 2.32. The second-order valence-electron chi connectivity index (χ2n) is 5.45.